The molecule has 25 heavy (non-hydrogen) atoms. The van der Waals surface area contributed by atoms with E-state index in [0.717, 1.165) is 6.26 Å². The van der Waals surface area contributed by atoms with Gasteiger partial charge in [0.2, 0.25) is 18.0 Å². The molecule has 0 radical (unpaired) electrons. The minimum Gasteiger partial charge on any atom is -0.450 e. The van der Waals surface area contributed by atoms with Gasteiger partial charge in [0.25, 0.3) is 0 Å². The predicted octanol–water partition coefficient (Wildman–Crippen LogP) is 2.84. The van der Waals surface area contributed by atoms with Gasteiger partial charge in [-0.3, -0.25) is 10.1 Å². The fraction of sp³-hybridized carbons (Fsp3) is 0.0667. The second-order valence-electron chi connectivity index (χ2n) is 5.00. The van der Waals surface area contributed by atoms with Crippen LogP contribution in [0.3, 0.4) is 0 Å². The number of sulfone groups is 1. The van der Waals surface area contributed by atoms with E-state index in [1.165, 1.54) is 24.6 Å². The summed E-state index contributed by atoms with van der Waals surface area (Å²) in [6.07, 6.45) is 2.10. The van der Waals surface area contributed by atoms with E-state index in [2.05, 4.69) is 10.2 Å². The number of aromatic nitrogens is 2. The lowest BCUT2D eigenvalue weighted by Gasteiger charge is -2.09. The Morgan fingerprint density at radius 3 is 2.44 bits per heavy atom. The maximum absolute atomic E-state index is 11.8. The summed E-state index contributed by atoms with van der Waals surface area (Å²) in [5.41, 5.74) is 0.0372. The minimum absolute atomic E-state index is 0.168. The van der Waals surface area contributed by atoms with Gasteiger partial charge < -0.3 is 9.15 Å². The van der Waals surface area contributed by atoms with Gasteiger partial charge in [0.1, 0.15) is 10.6 Å². The summed E-state index contributed by atoms with van der Waals surface area (Å²) in [7, 11) is -3.78. The first-order valence-corrected chi connectivity index (χ1v) is 8.77. The summed E-state index contributed by atoms with van der Waals surface area (Å²) < 4.78 is 34.1. The van der Waals surface area contributed by atoms with Crippen molar-refractivity contribution in [2.45, 2.75) is 4.90 Å². The Labute approximate surface area is 142 Å². The second-order valence-corrected chi connectivity index (χ2v) is 6.99. The van der Waals surface area contributed by atoms with Crippen LogP contribution in [0.25, 0.3) is 11.5 Å². The zero-order valence-electron chi connectivity index (χ0n) is 12.8. The molecule has 0 saturated carbocycles. The molecule has 9 nitrogen and oxygen atoms in total. The van der Waals surface area contributed by atoms with E-state index < -0.39 is 25.3 Å². The van der Waals surface area contributed by atoms with Gasteiger partial charge in [-0.15, -0.1) is 10.2 Å². The highest BCUT2D eigenvalue weighted by Gasteiger charge is 2.27. The van der Waals surface area contributed by atoms with Gasteiger partial charge in [-0.1, -0.05) is 6.07 Å². The molecule has 0 bridgehead atoms. The number of benzene rings is 2. The third kappa shape index (κ3) is 3.48. The summed E-state index contributed by atoms with van der Waals surface area (Å²) >= 11 is 0. The molecule has 0 amide bonds. The molecule has 0 atom stereocenters. The van der Waals surface area contributed by atoms with E-state index in [9.17, 15) is 18.5 Å². The van der Waals surface area contributed by atoms with Crippen LogP contribution in [-0.2, 0) is 9.84 Å². The fourth-order valence-electron chi connectivity index (χ4n) is 2.16. The number of hydrogen-bond donors (Lipinski definition) is 0. The van der Waals surface area contributed by atoms with Crippen molar-refractivity contribution < 1.29 is 22.5 Å². The van der Waals surface area contributed by atoms with Gasteiger partial charge in [-0.25, -0.2) is 8.42 Å². The predicted molar refractivity (Wildman–Crippen MR) is 86.0 cm³/mol. The van der Waals surface area contributed by atoms with Gasteiger partial charge >= 0.3 is 5.69 Å². The van der Waals surface area contributed by atoms with Crippen LogP contribution >= 0.6 is 0 Å². The van der Waals surface area contributed by atoms with E-state index in [1.807, 2.05) is 0 Å². The molecule has 0 aliphatic carbocycles. The molecule has 10 heteroatoms. The molecule has 0 aliphatic rings. The van der Waals surface area contributed by atoms with Gasteiger partial charge in [0.05, 0.1) is 4.92 Å². The number of ether oxygens (including phenoxy) is 1. The summed E-state index contributed by atoms with van der Waals surface area (Å²) in [6, 6.07) is 10.3. The zero-order chi connectivity index (χ0) is 18.0. The highest BCUT2D eigenvalue weighted by Crippen LogP contribution is 2.36. The van der Waals surface area contributed by atoms with Crippen molar-refractivity contribution in [1.82, 2.24) is 10.2 Å². The molecule has 0 unspecified atom stereocenters. The van der Waals surface area contributed by atoms with Gasteiger partial charge in [-0.2, -0.15) is 0 Å². The van der Waals surface area contributed by atoms with Crippen molar-refractivity contribution in [3.8, 4) is 23.0 Å². The van der Waals surface area contributed by atoms with Crippen molar-refractivity contribution in [1.29, 1.82) is 0 Å². The topological polar surface area (TPSA) is 125 Å². The summed E-state index contributed by atoms with van der Waals surface area (Å²) in [4.78, 5) is 10.1. The quantitative estimate of drug-likeness (QED) is 0.501. The average Bonchev–Trinajstić information content (AvgIpc) is 3.09. The number of para-hydroxylation sites is 1. The summed E-state index contributed by atoms with van der Waals surface area (Å²) in [6.45, 7) is 0. The standard InChI is InChI=1S/C15H11N3O6S/c1-25(21,22)13-4-2-3-12(14(13)18(19)20)24-11-7-5-10(6-8-11)15-17-16-9-23-15/h2-9H,1H3. The third-order valence-electron chi connectivity index (χ3n) is 3.23. The molecule has 0 aliphatic heterocycles. The lowest BCUT2D eigenvalue weighted by atomic mass is 10.2. The summed E-state index contributed by atoms with van der Waals surface area (Å²) in [5, 5.41) is 18.7. The molecule has 0 N–H and O–H groups in total. The highest BCUT2D eigenvalue weighted by molar-refractivity contribution is 7.90. The Hall–Kier alpha value is -3.27. The fourth-order valence-corrected chi connectivity index (χ4v) is 3.01. The highest BCUT2D eigenvalue weighted by atomic mass is 32.2. The van der Waals surface area contributed by atoms with E-state index in [0.29, 0.717) is 11.5 Å². The minimum atomic E-state index is -3.78. The van der Waals surface area contributed by atoms with Gasteiger partial charge in [0.15, 0.2) is 9.84 Å². The molecule has 0 spiro atoms. The lowest BCUT2D eigenvalue weighted by molar-refractivity contribution is -0.388. The molecule has 3 aromatic rings. The molecule has 3 rings (SSSR count). The van der Waals surface area contributed by atoms with Gasteiger partial charge in [-0.05, 0) is 36.4 Å². The van der Waals surface area contributed by atoms with E-state index in [4.69, 9.17) is 9.15 Å². The SMILES string of the molecule is CS(=O)(=O)c1cccc(Oc2ccc(-c3nnco3)cc2)c1[N+](=O)[O-]. The zero-order valence-corrected chi connectivity index (χ0v) is 13.6. The Bertz CT molecular complexity index is 1010. The number of hydrogen-bond acceptors (Lipinski definition) is 8. The lowest BCUT2D eigenvalue weighted by Crippen LogP contribution is -2.04. The molecule has 2 aromatic carbocycles. The van der Waals surface area contributed by atoms with Gasteiger partial charge in [0, 0.05) is 11.8 Å². The largest absolute Gasteiger partial charge is 0.450 e. The number of rotatable bonds is 5. The van der Waals surface area contributed by atoms with E-state index >= 15 is 0 Å². The van der Waals surface area contributed by atoms with E-state index in [-0.39, 0.29) is 11.5 Å². The molecule has 1 aromatic heterocycles. The molecular weight excluding hydrogens is 350 g/mol. The molecule has 1 heterocycles. The number of nitro groups is 1. The van der Waals surface area contributed by atoms with Crippen LogP contribution in [0.5, 0.6) is 11.5 Å². The maximum atomic E-state index is 11.8. The third-order valence-corrected chi connectivity index (χ3v) is 4.36. The molecule has 0 fully saturated rings. The van der Waals surface area contributed by atoms with Crippen molar-refractivity contribution in [3.63, 3.8) is 0 Å². The van der Waals surface area contributed by atoms with Crippen LogP contribution in [-0.4, -0.2) is 29.8 Å². The normalized spacial score (nSPS) is 11.2. The van der Waals surface area contributed by atoms with Crippen LogP contribution in [0.2, 0.25) is 0 Å². The molecular formula is C15H11N3O6S. The molecule has 0 saturated heterocycles. The van der Waals surface area contributed by atoms with Crippen molar-refractivity contribution >= 4 is 15.5 Å². The average molecular weight is 361 g/mol. The van der Waals surface area contributed by atoms with Crippen molar-refractivity contribution in [2.24, 2.45) is 0 Å². The van der Waals surface area contributed by atoms with Crippen molar-refractivity contribution in [3.05, 3.63) is 59.0 Å². The number of nitro benzene ring substituents is 1. The van der Waals surface area contributed by atoms with Crippen LogP contribution in [0.4, 0.5) is 5.69 Å². The Balaban J connectivity index is 1.97. The van der Waals surface area contributed by atoms with E-state index in [1.54, 1.807) is 24.3 Å². The number of nitrogens with zero attached hydrogens (tertiary/aromatic N) is 3. The summed E-state index contributed by atoms with van der Waals surface area (Å²) in [5.74, 6) is 0.437. The van der Waals surface area contributed by atoms with Crippen molar-refractivity contribution in [2.75, 3.05) is 6.26 Å². The smallest absolute Gasteiger partial charge is 0.330 e. The Morgan fingerprint density at radius 2 is 1.88 bits per heavy atom. The van der Waals surface area contributed by atoms with Crippen LogP contribution in [0.15, 0.2) is 58.2 Å². The Morgan fingerprint density at radius 1 is 1.16 bits per heavy atom. The van der Waals surface area contributed by atoms with Crippen LogP contribution in [0.1, 0.15) is 0 Å². The maximum Gasteiger partial charge on any atom is 0.330 e. The Kier molecular flexibility index (Phi) is 4.19. The van der Waals surface area contributed by atoms with Crippen LogP contribution < -0.4 is 4.74 Å². The molecule has 128 valence electrons. The second kappa shape index (κ2) is 6.32. The first-order valence-electron chi connectivity index (χ1n) is 6.88. The first kappa shape index (κ1) is 16.6. The monoisotopic (exact) mass is 361 g/mol. The van der Waals surface area contributed by atoms with Crippen LogP contribution in [0, 0.1) is 10.1 Å². The first-order chi connectivity index (χ1) is 11.9.